The van der Waals surface area contributed by atoms with Crippen LogP contribution in [0.2, 0.25) is 0 Å². The summed E-state index contributed by atoms with van der Waals surface area (Å²) < 4.78 is 23.6. The number of nitrogens with zero attached hydrogens (tertiary/aromatic N) is 5. The van der Waals surface area contributed by atoms with Gasteiger partial charge in [0.2, 0.25) is 5.88 Å². The molecule has 46 heavy (non-hydrogen) atoms. The van der Waals surface area contributed by atoms with Gasteiger partial charge in [-0.1, -0.05) is 12.1 Å². The van der Waals surface area contributed by atoms with Gasteiger partial charge in [0.25, 0.3) is 11.8 Å². The van der Waals surface area contributed by atoms with Crippen molar-refractivity contribution >= 4 is 40.5 Å². The number of pyridine rings is 2. The molecule has 2 aromatic carbocycles. The van der Waals surface area contributed by atoms with E-state index < -0.39 is 29.9 Å². The number of benzene rings is 2. The fraction of sp³-hybridized carbons (Fsp3) is 0.182. The number of carbonyl (C=O) groups excluding carboxylic acids is 4. The Morgan fingerprint density at radius 2 is 1.67 bits per heavy atom. The van der Waals surface area contributed by atoms with Gasteiger partial charge in [0, 0.05) is 30.8 Å². The van der Waals surface area contributed by atoms with E-state index in [1.165, 1.54) is 14.0 Å². The molecule has 0 saturated heterocycles. The van der Waals surface area contributed by atoms with Crippen molar-refractivity contribution < 1.29 is 38.1 Å². The first-order chi connectivity index (χ1) is 22.2. The second-order valence-corrected chi connectivity index (χ2v) is 10.2. The van der Waals surface area contributed by atoms with Crippen molar-refractivity contribution in [2.24, 2.45) is 0 Å². The molecule has 4 heterocycles. The molecule has 0 bridgehead atoms. The normalized spacial score (nSPS) is 13.0. The van der Waals surface area contributed by atoms with Crippen LogP contribution in [0.4, 0.5) is 5.82 Å². The summed E-state index contributed by atoms with van der Waals surface area (Å²) in [6.07, 6.45) is 2.55. The molecule has 1 atom stereocenters. The van der Waals surface area contributed by atoms with Crippen LogP contribution >= 0.6 is 0 Å². The topological polar surface area (TPSA) is 152 Å². The first kappa shape index (κ1) is 29.9. The van der Waals surface area contributed by atoms with E-state index in [1.54, 1.807) is 90.7 Å². The fourth-order valence-corrected chi connectivity index (χ4v) is 5.03. The molecule has 6 rings (SSSR count). The third kappa shape index (κ3) is 5.73. The number of esters is 2. The predicted molar refractivity (Wildman–Crippen MR) is 163 cm³/mol. The minimum atomic E-state index is -0.812. The Labute approximate surface area is 262 Å². The number of fused-ring (bicyclic) bond motifs is 2. The Morgan fingerprint density at radius 1 is 0.913 bits per heavy atom. The molecule has 232 valence electrons. The van der Waals surface area contributed by atoms with Gasteiger partial charge in [-0.25, -0.2) is 24.3 Å². The first-order valence-corrected chi connectivity index (χ1v) is 14.2. The van der Waals surface area contributed by atoms with Gasteiger partial charge in [-0.15, -0.1) is 0 Å². The lowest BCUT2D eigenvalue weighted by atomic mass is 10.1. The minimum absolute atomic E-state index is 0.0224. The van der Waals surface area contributed by atoms with Gasteiger partial charge in [-0.2, -0.15) is 5.10 Å². The van der Waals surface area contributed by atoms with Crippen molar-refractivity contribution in [2.45, 2.75) is 20.0 Å². The van der Waals surface area contributed by atoms with Crippen LogP contribution in [-0.4, -0.2) is 63.8 Å². The molecule has 0 aliphatic carbocycles. The van der Waals surface area contributed by atoms with Crippen LogP contribution in [0.5, 0.6) is 11.6 Å². The smallest absolute Gasteiger partial charge is 0.337 e. The number of methoxy groups -OCH3 is 1. The average molecular weight is 622 g/mol. The Balaban J connectivity index is 1.42. The highest BCUT2D eigenvalue weighted by molar-refractivity contribution is 6.34. The van der Waals surface area contributed by atoms with Crippen molar-refractivity contribution in [3.8, 4) is 17.3 Å². The summed E-state index contributed by atoms with van der Waals surface area (Å²) in [6.45, 7) is 3.16. The molecule has 0 fully saturated rings. The third-order valence-electron chi connectivity index (χ3n) is 7.14. The van der Waals surface area contributed by atoms with Crippen LogP contribution in [-0.2, 0) is 14.3 Å². The standard InChI is InChI=1S/C33H27N5O8/c1-19(29-26(37-14-6-13-34-37)11-12-28(36-29)45-16-15-44-20(2)39)46-27-18-22-17-21(33(42)43-3)9-10-25(22)35-30(27)38-31(40)23-7-4-5-8-24(23)32(38)41/h4-14,17-19H,15-16H2,1-3H3. The van der Waals surface area contributed by atoms with Crippen LogP contribution in [0.25, 0.3) is 16.6 Å². The highest BCUT2D eigenvalue weighted by Gasteiger charge is 2.39. The molecule has 1 aliphatic heterocycles. The summed E-state index contributed by atoms with van der Waals surface area (Å²) in [4.78, 5) is 60.8. The number of anilines is 1. The highest BCUT2D eigenvalue weighted by atomic mass is 16.6. The van der Waals surface area contributed by atoms with Crippen LogP contribution in [0, 0.1) is 0 Å². The number of amides is 2. The van der Waals surface area contributed by atoms with Crippen molar-refractivity contribution in [3.63, 3.8) is 0 Å². The van der Waals surface area contributed by atoms with Gasteiger partial charge < -0.3 is 18.9 Å². The molecule has 0 N–H and O–H groups in total. The second-order valence-electron chi connectivity index (χ2n) is 10.2. The molecule has 13 heteroatoms. The summed E-state index contributed by atoms with van der Waals surface area (Å²) in [5.41, 5.74) is 2.17. The third-order valence-corrected chi connectivity index (χ3v) is 7.14. The average Bonchev–Trinajstić information content (AvgIpc) is 3.69. The Morgan fingerprint density at radius 3 is 2.35 bits per heavy atom. The molecule has 5 aromatic rings. The summed E-state index contributed by atoms with van der Waals surface area (Å²) in [6, 6.07) is 18.0. The molecule has 0 radical (unpaired) electrons. The lowest BCUT2D eigenvalue weighted by Crippen LogP contribution is -2.31. The van der Waals surface area contributed by atoms with Crippen LogP contribution in [0.15, 0.2) is 79.1 Å². The molecular weight excluding hydrogens is 594 g/mol. The molecule has 2 amide bonds. The van der Waals surface area contributed by atoms with Gasteiger partial charge >= 0.3 is 11.9 Å². The van der Waals surface area contributed by atoms with E-state index in [-0.39, 0.29) is 47.4 Å². The van der Waals surface area contributed by atoms with Crippen molar-refractivity contribution in [2.75, 3.05) is 25.2 Å². The van der Waals surface area contributed by atoms with E-state index in [2.05, 4.69) is 15.1 Å². The summed E-state index contributed by atoms with van der Waals surface area (Å²) in [7, 11) is 1.28. The maximum Gasteiger partial charge on any atom is 0.337 e. The van der Waals surface area contributed by atoms with Gasteiger partial charge in [-0.3, -0.25) is 14.4 Å². The number of hydrogen-bond donors (Lipinski definition) is 0. The predicted octanol–water partition coefficient (Wildman–Crippen LogP) is 4.48. The van der Waals surface area contributed by atoms with Crippen molar-refractivity contribution in [3.05, 3.63) is 102 Å². The maximum absolute atomic E-state index is 13.5. The van der Waals surface area contributed by atoms with Gasteiger partial charge in [0.05, 0.1) is 35.0 Å². The van der Waals surface area contributed by atoms with Gasteiger partial charge in [-0.05, 0) is 55.5 Å². The molecular formula is C33H27N5O8. The number of imide groups is 1. The lowest BCUT2D eigenvalue weighted by Gasteiger charge is -2.22. The molecule has 1 aliphatic rings. The van der Waals surface area contributed by atoms with Gasteiger partial charge in [0.15, 0.2) is 11.6 Å². The largest absolute Gasteiger partial charge is 0.480 e. The van der Waals surface area contributed by atoms with E-state index in [0.717, 1.165) is 4.90 Å². The SMILES string of the molecule is COC(=O)c1ccc2nc(N3C(=O)c4ccccc4C3=O)c(OC(C)c3nc(OCCOC(C)=O)ccc3-n3cccn3)cc2c1. The van der Waals surface area contributed by atoms with E-state index >= 15 is 0 Å². The van der Waals surface area contributed by atoms with Crippen molar-refractivity contribution in [1.82, 2.24) is 19.7 Å². The number of hydrogen-bond acceptors (Lipinski definition) is 11. The molecule has 0 spiro atoms. The van der Waals surface area contributed by atoms with E-state index in [1.807, 2.05) is 0 Å². The number of aromatic nitrogens is 4. The Hall–Kier alpha value is -6.11. The fourth-order valence-electron chi connectivity index (χ4n) is 5.03. The highest BCUT2D eigenvalue weighted by Crippen LogP contribution is 2.38. The summed E-state index contributed by atoms with van der Waals surface area (Å²) in [5.74, 6) is -1.75. The van der Waals surface area contributed by atoms with E-state index in [9.17, 15) is 19.2 Å². The monoisotopic (exact) mass is 621 g/mol. The molecule has 1 unspecified atom stereocenters. The zero-order valence-electron chi connectivity index (χ0n) is 25.0. The Bertz CT molecular complexity index is 1960. The number of rotatable bonds is 10. The molecule has 3 aromatic heterocycles. The van der Waals surface area contributed by atoms with Crippen LogP contribution in [0.3, 0.4) is 0 Å². The quantitative estimate of drug-likeness (QED) is 0.123. The summed E-state index contributed by atoms with van der Waals surface area (Å²) in [5, 5.41) is 4.84. The Kier molecular flexibility index (Phi) is 8.12. The molecule has 13 nitrogen and oxygen atoms in total. The summed E-state index contributed by atoms with van der Waals surface area (Å²) >= 11 is 0. The molecule has 0 saturated carbocycles. The number of carbonyl (C=O) groups is 4. The lowest BCUT2D eigenvalue weighted by molar-refractivity contribution is -0.141. The zero-order valence-corrected chi connectivity index (χ0v) is 25.0. The first-order valence-electron chi connectivity index (χ1n) is 14.2. The van der Waals surface area contributed by atoms with E-state index in [4.69, 9.17) is 18.9 Å². The maximum atomic E-state index is 13.5. The van der Waals surface area contributed by atoms with E-state index in [0.29, 0.717) is 22.3 Å². The number of ether oxygens (including phenoxy) is 4. The van der Waals surface area contributed by atoms with Gasteiger partial charge in [0.1, 0.15) is 25.0 Å². The van der Waals surface area contributed by atoms with Crippen LogP contribution in [0.1, 0.15) is 56.7 Å². The second kappa shape index (κ2) is 12.5. The zero-order chi connectivity index (χ0) is 32.4. The minimum Gasteiger partial charge on any atom is -0.480 e. The van der Waals surface area contributed by atoms with Crippen LogP contribution < -0.4 is 14.4 Å². The van der Waals surface area contributed by atoms with Crippen molar-refractivity contribution in [1.29, 1.82) is 0 Å².